The normalized spacial score (nSPS) is 17.6. The predicted molar refractivity (Wildman–Crippen MR) is 65.1 cm³/mol. The van der Waals surface area contributed by atoms with Crippen LogP contribution in [0.1, 0.15) is 19.8 Å². The zero-order chi connectivity index (χ0) is 10.0. The third-order valence-corrected chi connectivity index (χ3v) is 3.93. The van der Waals surface area contributed by atoms with E-state index in [4.69, 9.17) is 0 Å². The maximum Gasteiger partial charge on any atom is 0.289 e. The molecule has 0 saturated heterocycles. The van der Waals surface area contributed by atoms with E-state index in [1.54, 1.807) is 4.58 Å². The van der Waals surface area contributed by atoms with Crippen LogP contribution in [0.25, 0.3) is 0 Å². The molecule has 1 aliphatic rings. The van der Waals surface area contributed by atoms with Crippen LogP contribution in [0.15, 0.2) is 9.46 Å². The fraction of sp³-hybridized carbons (Fsp3) is 0.500. The van der Waals surface area contributed by atoms with Gasteiger partial charge >= 0.3 is 0 Å². The van der Waals surface area contributed by atoms with E-state index in [1.807, 2.05) is 45.2 Å². The quantitative estimate of drug-likeness (QED) is 0.403. The van der Waals surface area contributed by atoms with Crippen molar-refractivity contribution in [3.63, 3.8) is 0 Å². The van der Waals surface area contributed by atoms with Crippen LogP contribution in [0, 0.1) is 0 Å². The minimum atomic E-state index is -0.360. The molecule has 0 amide bonds. The van der Waals surface area contributed by atoms with Gasteiger partial charge in [0.2, 0.25) is 3.70 Å². The van der Waals surface area contributed by atoms with E-state index in [0.717, 1.165) is 19.4 Å². The lowest BCUT2D eigenvalue weighted by molar-refractivity contribution is -0.461. The number of hydrogen-bond donors (Lipinski definition) is 0. The lowest BCUT2D eigenvalue weighted by Crippen LogP contribution is -2.17. The Kier molecular flexibility index (Phi) is 4.14. The van der Waals surface area contributed by atoms with E-state index in [1.165, 1.54) is 0 Å². The fourth-order valence-corrected chi connectivity index (χ4v) is 2.95. The molecule has 1 rings (SSSR count). The van der Waals surface area contributed by atoms with Crippen molar-refractivity contribution in [2.45, 2.75) is 19.8 Å². The summed E-state index contributed by atoms with van der Waals surface area (Å²) in [5.74, 6) is -0.720. The second-order valence-electron chi connectivity index (χ2n) is 2.75. The van der Waals surface area contributed by atoms with Gasteiger partial charge in [0.15, 0.2) is 6.54 Å². The zero-order valence-corrected chi connectivity index (χ0v) is 11.5. The lowest BCUT2D eigenvalue weighted by atomic mass is 10.3. The van der Waals surface area contributed by atoms with Crippen LogP contribution in [-0.2, 0) is 4.79 Å². The van der Waals surface area contributed by atoms with Crippen LogP contribution in [0.2, 0.25) is 0 Å². The number of carbonyl (C=O) groups is 1. The number of unbranched alkanes of at least 4 members (excludes halogenated alkanes) is 1. The van der Waals surface area contributed by atoms with E-state index in [-0.39, 0.29) is 11.5 Å². The van der Waals surface area contributed by atoms with Gasteiger partial charge in [-0.05, 0) is 0 Å². The van der Waals surface area contributed by atoms with E-state index in [9.17, 15) is 9.90 Å². The molecule has 0 bridgehead atoms. The minimum Gasteiger partial charge on any atom is -0.865 e. The summed E-state index contributed by atoms with van der Waals surface area (Å²) in [6.07, 6.45) is 2.06. The third-order valence-electron chi connectivity index (χ3n) is 1.79. The maximum atomic E-state index is 11.2. The summed E-state index contributed by atoms with van der Waals surface area (Å²) in [5.41, 5.74) is 0. The maximum absolute atomic E-state index is 11.2. The van der Waals surface area contributed by atoms with E-state index in [2.05, 4.69) is 6.92 Å². The summed E-state index contributed by atoms with van der Waals surface area (Å²) < 4.78 is 2.89. The largest absolute Gasteiger partial charge is 0.865 e. The summed E-state index contributed by atoms with van der Waals surface area (Å²) in [5, 5.41) is 11.2. The average molecular weight is 405 g/mol. The number of carbonyl (C=O) groups excluding carboxylic acids is 1. The first-order valence-corrected chi connectivity index (χ1v) is 6.16. The second-order valence-corrected chi connectivity index (χ2v) is 4.79. The number of hydrogen-bond acceptors (Lipinski definition) is 2. The molecular weight excluding hydrogens is 396 g/mol. The molecular formula is C8H9I2NO2. The summed E-state index contributed by atoms with van der Waals surface area (Å²) in [7, 11) is 0. The number of rotatable bonds is 3. The Morgan fingerprint density at radius 1 is 1.46 bits per heavy atom. The van der Waals surface area contributed by atoms with Crippen molar-refractivity contribution < 1.29 is 14.5 Å². The van der Waals surface area contributed by atoms with Crippen LogP contribution in [0.3, 0.4) is 0 Å². The van der Waals surface area contributed by atoms with Gasteiger partial charge in [0, 0.05) is 57.4 Å². The molecule has 0 atom stereocenters. The van der Waals surface area contributed by atoms with Crippen molar-refractivity contribution in [1.29, 1.82) is 0 Å². The molecule has 0 N–H and O–H groups in total. The highest BCUT2D eigenvalue weighted by molar-refractivity contribution is 14.1. The first-order chi connectivity index (χ1) is 6.09. The Balaban J connectivity index is 2.88. The van der Waals surface area contributed by atoms with E-state index >= 15 is 0 Å². The predicted octanol–water partition coefficient (Wildman–Crippen LogP) is 1.18. The molecule has 0 saturated carbocycles. The van der Waals surface area contributed by atoms with Gasteiger partial charge in [-0.25, -0.2) is 0 Å². The molecule has 0 spiro atoms. The molecule has 0 fully saturated rings. The lowest BCUT2D eigenvalue weighted by Gasteiger charge is -1.99. The van der Waals surface area contributed by atoms with Crippen molar-refractivity contribution in [1.82, 2.24) is 0 Å². The van der Waals surface area contributed by atoms with Gasteiger partial charge in [-0.15, -0.1) is 0 Å². The minimum absolute atomic E-state index is 0.360. The van der Waals surface area contributed by atoms with Gasteiger partial charge in [-0.2, -0.15) is 4.58 Å². The van der Waals surface area contributed by atoms with Crippen molar-refractivity contribution >= 4 is 54.7 Å². The Morgan fingerprint density at radius 3 is 2.46 bits per heavy atom. The molecule has 3 nitrogen and oxygen atoms in total. The Labute approximate surface area is 104 Å². The molecule has 1 aliphatic heterocycles. The van der Waals surface area contributed by atoms with Crippen molar-refractivity contribution in [3.8, 4) is 0 Å². The summed E-state index contributed by atoms with van der Waals surface area (Å²) in [6.45, 7) is 2.85. The highest BCUT2D eigenvalue weighted by Gasteiger charge is 2.31. The summed E-state index contributed by atoms with van der Waals surface area (Å²) in [4.78, 5) is 11.2. The first kappa shape index (κ1) is 11.4. The molecule has 0 aromatic rings. The van der Waals surface area contributed by atoms with E-state index < -0.39 is 0 Å². The molecule has 0 unspecified atom stereocenters. The molecule has 0 aromatic heterocycles. The first-order valence-electron chi connectivity index (χ1n) is 4.01. The highest BCUT2D eigenvalue weighted by atomic mass is 127. The SMILES string of the molecule is CCCC[N+]1=C(I)C(=O)C([O-])=C1I. The van der Waals surface area contributed by atoms with E-state index in [0.29, 0.717) is 7.42 Å². The van der Waals surface area contributed by atoms with Crippen molar-refractivity contribution in [3.05, 3.63) is 9.46 Å². The van der Waals surface area contributed by atoms with Crippen LogP contribution in [-0.4, -0.2) is 20.6 Å². The molecule has 5 heteroatoms. The van der Waals surface area contributed by atoms with Crippen LogP contribution >= 0.6 is 45.2 Å². The van der Waals surface area contributed by atoms with Crippen molar-refractivity contribution in [2.75, 3.05) is 6.54 Å². The highest BCUT2D eigenvalue weighted by Crippen LogP contribution is 2.21. The standard InChI is InChI=1S/C8H9I2NO2/c1-2-3-4-11-7(9)5(12)6(13)8(11)10/h2-4H2,1H3. The van der Waals surface area contributed by atoms with Gasteiger partial charge in [-0.1, -0.05) is 13.3 Å². The number of halogens is 2. The number of allylic oxidation sites excluding steroid dienone is 1. The Hall–Kier alpha value is 0.340. The van der Waals surface area contributed by atoms with Gasteiger partial charge in [0.25, 0.3) is 9.50 Å². The number of Topliss-reactive ketones (excluding diaryl/α,β-unsaturated/α-hetero) is 1. The Morgan fingerprint density at radius 2 is 2.08 bits per heavy atom. The third kappa shape index (κ3) is 2.23. The van der Waals surface area contributed by atoms with Crippen LogP contribution in [0.4, 0.5) is 0 Å². The summed E-state index contributed by atoms with van der Waals surface area (Å²) in [6, 6.07) is 0. The van der Waals surface area contributed by atoms with Gasteiger partial charge in [0.1, 0.15) is 0 Å². The van der Waals surface area contributed by atoms with Gasteiger partial charge in [0.05, 0.1) is 0 Å². The molecule has 72 valence electrons. The smallest absolute Gasteiger partial charge is 0.289 e. The van der Waals surface area contributed by atoms with Gasteiger partial charge in [-0.3, -0.25) is 4.79 Å². The second kappa shape index (κ2) is 4.72. The molecule has 0 aliphatic carbocycles. The topological polar surface area (TPSA) is 43.1 Å². The fourth-order valence-electron chi connectivity index (χ4n) is 1.03. The Bertz CT molecular complexity index is 307. The number of nitrogens with zero attached hydrogens (tertiary/aromatic N) is 1. The summed E-state index contributed by atoms with van der Waals surface area (Å²) >= 11 is 3.87. The zero-order valence-electron chi connectivity index (χ0n) is 7.14. The molecule has 0 radical (unpaired) electrons. The van der Waals surface area contributed by atoms with Crippen LogP contribution < -0.4 is 5.11 Å². The molecule has 1 heterocycles. The average Bonchev–Trinajstić information content (AvgIpc) is 2.30. The van der Waals surface area contributed by atoms with Crippen molar-refractivity contribution in [2.24, 2.45) is 0 Å². The monoisotopic (exact) mass is 405 g/mol. The van der Waals surface area contributed by atoms with Gasteiger partial charge < -0.3 is 5.11 Å². The number of ketones is 1. The molecule has 0 aromatic carbocycles. The van der Waals surface area contributed by atoms with Crippen LogP contribution in [0.5, 0.6) is 0 Å². The molecule has 13 heavy (non-hydrogen) atoms.